The van der Waals surface area contributed by atoms with E-state index in [9.17, 15) is 0 Å². The molecule has 2 aromatic rings. The van der Waals surface area contributed by atoms with Crippen LogP contribution in [-0.4, -0.2) is 41.6 Å². The molecule has 2 N–H and O–H groups in total. The van der Waals surface area contributed by atoms with Gasteiger partial charge < -0.3 is 15.4 Å². The van der Waals surface area contributed by atoms with E-state index in [4.69, 9.17) is 4.74 Å². The van der Waals surface area contributed by atoms with Crippen LogP contribution in [0.1, 0.15) is 44.2 Å². The molecule has 2 heterocycles. The molecule has 25 heavy (non-hydrogen) atoms. The van der Waals surface area contributed by atoms with Gasteiger partial charge in [0.2, 0.25) is 0 Å². The van der Waals surface area contributed by atoms with Gasteiger partial charge >= 0.3 is 0 Å². The number of aromatic nitrogens is 2. The third-order valence-electron chi connectivity index (χ3n) is 4.35. The Morgan fingerprint density at radius 1 is 1.32 bits per heavy atom. The molecule has 0 amide bonds. The van der Waals surface area contributed by atoms with E-state index in [0.717, 1.165) is 29.8 Å². The Labute approximate surface area is 170 Å². The van der Waals surface area contributed by atoms with Crippen LogP contribution in [-0.2, 0) is 11.3 Å². The summed E-state index contributed by atoms with van der Waals surface area (Å²) in [5.74, 6) is 0.788. The molecule has 6 nitrogen and oxygen atoms in total. The van der Waals surface area contributed by atoms with Crippen molar-refractivity contribution in [1.29, 1.82) is 0 Å². The molecule has 0 spiro atoms. The largest absolute Gasteiger partial charge is 0.376 e. The highest BCUT2D eigenvalue weighted by molar-refractivity contribution is 14.0. The summed E-state index contributed by atoms with van der Waals surface area (Å²) in [6.07, 6.45) is 12.3. The van der Waals surface area contributed by atoms with Crippen LogP contribution < -0.4 is 10.6 Å². The van der Waals surface area contributed by atoms with E-state index in [1.54, 1.807) is 18.4 Å². The first-order valence-electron chi connectivity index (χ1n) is 8.82. The van der Waals surface area contributed by atoms with Crippen LogP contribution in [0.15, 0.2) is 22.8 Å². The van der Waals surface area contributed by atoms with Gasteiger partial charge in [-0.05, 0) is 12.8 Å². The van der Waals surface area contributed by atoms with Gasteiger partial charge in [0.05, 0.1) is 24.9 Å². The number of aliphatic imine (C=N–C) groups is 1. The number of nitrogens with one attached hydrogen (secondary N) is 2. The Balaban J connectivity index is 0.00000225. The smallest absolute Gasteiger partial charge is 0.193 e. The summed E-state index contributed by atoms with van der Waals surface area (Å²) in [6, 6.07) is 0. The minimum Gasteiger partial charge on any atom is -0.376 e. The van der Waals surface area contributed by atoms with Crippen LogP contribution in [0.5, 0.6) is 0 Å². The van der Waals surface area contributed by atoms with Crippen molar-refractivity contribution in [2.24, 2.45) is 4.99 Å². The molecular formula is C17H28IN5OS. The van der Waals surface area contributed by atoms with Crippen molar-refractivity contribution in [3.63, 3.8) is 0 Å². The highest BCUT2D eigenvalue weighted by Crippen LogP contribution is 2.19. The lowest BCUT2D eigenvalue weighted by Crippen LogP contribution is -2.39. The van der Waals surface area contributed by atoms with Gasteiger partial charge in [-0.15, -0.1) is 35.3 Å². The summed E-state index contributed by atoms with van der Waals surface area (Å²) < 4.78 is 8.03. The Bertz CT molecular complexity index is 620. The molecular weight excluding hydrogens is 449 g/mol. The minimum atomic E-state index is 0. The fourth-order valence-corrected chi connectivity index (χ4v) is 3.78. The molecule has 0 bridgehead atoms. The molecule has 140 valence electrons. The van der Waals surface area contributed by atoms with E-state index >= 15 is 0 Å². The first-order chi connectivity index (χ1) is 11.8. The molecule has 1 aliphatic rings. The van der Waals surface area contributed by atoms with Gasteiger partial charge in [-0.25, -0.2) is 4.98 Å². The lowest BCUT2D eigenvalue weighted by molar-refractivity contribution is 0.0468. The van der Waals surface area contributed by atoms with Crippen molar-refractivity contribution in [3.8, 4) is 0 Å². The van der Waals surface area contributed by atoms with E-state index < -0.39 is 0 Å². The number of nitrogens with zero attached hydrogens (tertiary/aromatic N) is 3. The maximum absolute atomic E-state index is 5.99. The SMILES string of the molecule is CN=C(NCCOC1CCCCCC1)NCc1cn2ccsc2n1.I. The fraction of sp³-hybridized carbons (Fsp3) is 0.647. The summed E-state index contributed by atoms with van der Waals surface area (Å²) in [6.45, 7) is 2.16. The Morgan fingerprint density at radius 2 is 2.12 bits per heavy atom. The van der Waals surface area contributed by atoms with Crippen molar-refractivity contribution in [2.75, 3.05) is 20.2 Å². The van der Waals surface area contributed by atoms with Crippen LogP contribution in [0.2, 0.25) is 0 Å². The van der Waals surface area contributed by atoms with Gasteiger partial charge in [0.15, 0.2) is 10.9 Å². The highest BCUT2D eigenvalue weighted by atomic mass is 127. The molecule has 0 saturated heterocycles. The number of halogens is 1. The second-order valence-corrected chi connectivity index (χ2v) is 7.04. The maximum Gasteiger partial charge on any atom is 0.193 e. The topological polar surface area (TPSA) is 63.0 Å². The van der Waals surface area contributed by atoms with Crippen LogP contribution >= 0.6 is 35.3 Å². The molecule has 1 aliphatic carbocycles. The molecule has 1 fully saturated rings. The highest BCUT2D eigenvalue weighted by Gasteiger charge is 2.12. The molecule has 0 aliphatic heterocycles. The number of hydrogen-bond donors (Lipinski definition) is 2. The van der Waals surface area contributed by atoms with Gasteiger partial charge in [-0.2, -0.15) is 0 Å². The Hall–Kier alpha value is -0.870. The summed E-state index contributed by atoms with van der Waals surface area (Å²) in [5.41, 5.74) is 1.01. The van der Waals surface area contributed by atoms with E-state index in [1.165, 1.54) is 38.5 Å². The first-order valence-corrected chi connectivity index (χ1v) is 9.70. The average Bonchev–Trinajstić information content (AvgIpc) is 3.08. The molecule has 0 unspecified atom stereocenters. The van der Waals surface area contributed by atoms with Crippen molar-refractivity contribution < 1.29 is 4.74 Å². The van der Waals surface area contributed by atoms with Crippen molar-refractivity contribution in [3.05, 3.63) is 23.5 Å². The third kappa shape index (κ3) is 6.41. The molecule has 1 saturated carbocycles. The fourth-order valence-electron chi connectivity index (χ4n) is 3.06. The number of fused-ring (bicyclic) bond motifs is 1. The average molecular weight is 477 g/mol. The Morgan fingerprint density at radius 3 is 2.84 bits per heavy atom. The van der Waals surface area contributed by atoms with E-state index in [1.807, 2.05) is 22.2 Å². The number of rotatable bonds is 6. The van der Waals surface area contributed by atoms with Gasteiger partial charge in [-0.1, -0.05) is 25.7 Å². The van der Waals surface area contributed by atoms with Gasteiger partial charge in [0.1, 0.15) is 0 Å². The van der Waals surface area contributed by atoms with Crippen LogP contribution in [0.3, 0.4) is 0 Å². The number of imidazole rings is 1. The molecule has 3 rings (SSSR count). The standard InChI is InChI=1S/C17H27N5OS.HI/c1-18-16(19-8-10-23-15-6-4-2-3-5-7-15)20-12-14-13-22-9-11-24-17(22)21-14;/h9,11,13,15H,2-8,10,12H2,1H3,(H2,18,19,20);1H. The quantitative estimate of drug-likeness (QED) is 0.220. The monoisotopic (exact) mass is 477 g/mol. The predicted molar refractivity (Wildman–Crippen MR) is 114 cm³/mol. The second-order valence-electron chi connectivity index (χ2n) is 6.16. The molecule has 0 atom stereocenters. The minimum absolute atomic E-state index is 0. The number of guanidine groups is 1. The molecule has 2 aromatic heterocycles. The van der Waals surface area contributed by atoms with Crippen LogP contribution in [0.25, 0.3) is 4.96 Å². The number of thiazole rings is 1. The summed E-state index contributed by atoms with van der Waals surface area (Å²) in [5, 5.41) is 8.64. The number of hydrogen-bond acceptors (Lipinski definition) is 4. The Kier molecular flexibility index (Phi) is 8.97. The zero-order valence-electron chi connectivity index (χ0n) is 14.7. The van der Waals surface area contributed by atoms with Crippen LogP contribution in [0.4, 0.5) is 0 Å². The summed E-state index contributed by atoms with van der Waals surface area (Å²) in [4.78, 5) is 9.83. The lowest BCUT2D eigenvalue weighted by Gasteiger charge is -2.16. The summed E-state index contributed by atoms with van der Waals surface area (Å²) >= 11 is 1.64. The zero-order valence-corrected chi connectivity index (χ0v) is 17.9. The lowest BCUT2D eigenvalue weighted by atomic mass is 10.1. The third-order valence-corrected chi connectivity index (χ3v) is 5.12. The summed E-state index contributed by atoms with van der Waals surface area (Å²) in [7, 11) is 1.78. The van der Waals surface area contributed by atoms with Gasteiger partial charge in [-0.3, -0.25) is 9.39 Å². The van der Waals surface area contributed by atoms with E-state index in [-0.39, 0.29) is 24.0 Å². The van der Waals surface area contributed by atoms with Crippen molar-refractivity contribution in [1.82, 2.24) is 20.0 Å². The second kappa shape index (κ2) is 11.0. The zero-order chi connectivity index (χ0) is 16.6. The van der Waals surface area contributed by atoms with Gasteiger partial charge in [0, 0.05) is 31.4 Å². The van der Waals surface area contributed by atoms with Crippen LogP contribution in [0, 0.1) is 0 Å². The van der Waals surface area contributed by atoms with Gasteiger partial charge in [0.25, 0.3) is 0 Å². The van der Waals surface area contributed by atoms with Crippen molar-refractivity contribution in [2.45, 2.75) is 51.2 Å². The van der Waals surface area contributed by atoms with E-state index in [2.05, 4.69) is 20.6 Å². The first kappa shape index (κ1) is 20.4. The van der Waals surface area contributed by atoms with Crippen molar-refractivity contribution >= 4 is 46.2 Å². The van der Waals surface area contributed by atoms with E-state index in [0.29, 0.717) is 12.6 Å². The molecule has 0 radical (unpaired) electrons. The number of ether oxygens (including phenoxy) is 1. The predicted octanol–water partition coefficient (Wildman–Crippen LogP) is 3.42. The molecule has 8 heteroatoms. The normalized spacial score (nSPS) is 16.4. The maximum atomic E-state index is 5.99. The molecule has 0 aromatic carbocycles.